The van der Waals surface area contributed by atoms with Crippen molar-refractivity contribution in [3.8, 4) is 0 Å². The van der Waals surface area contributed by atoms with Crippen LogP contribution < -0.4 is 10.6 Å². The molecule has 23 heavy (non-hydrogen) atoms. The van der Waals surface area contributed by atoms with Crippen LogP contribution in [0.2, 0.25) is 0 Å². The van der Waals surface area contributed by atoms with Gasteiger partial charge in [0.2, 0.25) is 5.91 Å². The van der Waals surface area contributed by atoms with Crippen LogP contribution in [0.1, 0.15) is 12.6 Å². The maximum absolute atomic E-state index is 11.7. The number of guanidine groups is 1. The van der Waals surface area contributed by atoms with Crippen molar-refractivity contribution < 1.29 is 9.53 Å². The summed E-state index contributed by atoms with van der Waals surface area (Å²) in [7, 11) is 5.55. The highest BCUT2D eigenvalue weighted by atomic mass is 79.9. The first-order chi connectivity index (χ1) is 11.0. The van der Waals surface area contributed by atoms with Gasteiger partial charge >= 0.3 is 0 Å². The first-order valence-electron chi connectivity index (χ1n) is 7.53. The van der Waals surface area contributed by atoms with E-state index in [1.807, 2.05) is 32.1 Å². The van der Waals surface area contributed by atoms with E-state index < -0.39 is 0 Å². The molecular formula is C15H26BrN5O2. The van der Waals surface area contributed by atoms with E-state index in [1.165, 1.54) is 0 Å². The van der Waals surface area contributed by atoms with Crippen molar-refractivity contribution in [2.24, 2.45) is 12.0 Å². The van der Waals surface area contributed by atoms with Gasteiger partial charge in [-0.1, -0.05) is 0 Å². The van der Waals surface area contributed by atoms with Crippen molar-refractivity contribution in [1.82, 2.24) is 20.1 Å². The predicted molar refractivity (Wildman–Crippen MR) is 95.4 cm³/mol. The van der Waals surface area contributed by atoms with Crippen molar-refractivity contribution in [3.05, 3.63) is 22.4 Å². The first kappa shape index (κ1) is 19.5. The van der Waals surface area contributed by atoms with Gasteiger partial charge in [0, 0.05) is 50.7 Å². The number of nitrogens with one attached hydrogen (secondary N) is 2. The molecule has 8 heteroatoms. The molecule has 1 aromatic rings. The van der Waals surface area contributed by atoms with Gasteiger partial charge in [-0.2, -0.15) is 0 Å². The third-order valence-electron chi connectivity index (χ3n) is 3.17. The maximum Gasteiger partial charge on any atom is 0.241 e. The van der Waals surface area contributed by atoms with Crippen LogP contribution in [0.5, 0.6) is 0 Å². The van der Waals surface area contributed by atoms with E-state index in [4.69, 9.17) is 4.74 Å². The van der Waals surface area contributed by atoms with E-state index in [2.05, 4.69) is 42.2 Å². The molecule has 0 aliphatic heterocycles. The molecule has 1 rings (SSSR count). The number of aromatic nitrogens is 1. The van der Waals surface area contributed by atoms with Crippen LogP contribution in [0.3, 0.4) is 0 Å². The number of hydrogen-bond acceptors (Lipinski definition) is 3. The van der Waals surface area contributed by atoms with E-state index in [1.54, 1.807) is 7.11 Å². The Morgan fingerprint density at radius 3 is 2.78 bits per heavy atom. The monoisotopic (exact) mass is 387 g/mol. The minimum Gasteiger partial charge on any atom is -0.383 e. The molecule has 0 saturated heterocycles. The normalized spacial score (nSPS) is 11.4. The number of aliphatic imine (C=N–C) groups is 1. The molecule has 0 bridgehead atoms. The summed E-state index contributed by atoms with van der Waals surface area (Å²) in [6.07, 6.45) is 2.01. The third kappa shape index (κ3) is 7.04. The molecule has 0 aliphatic rings. The Kier molecular flexibility index (Phi) is 8.71. The minimum absolute atomic E-state index is 0.0905. The topological polar surface area (TPSA) is 70.9 Å². The molecule has 0 spiro atoms. The summed E-state index contributed by atoms with van der Waals surface area (Å²) in [5, 5.41) is 5.96. The van der Waals surface area contributed by atoms with Gasteiger partial charge in [0.15, 0.2) is 5.96 Å². The fraction of sp³-hybridized carbons (Fsp3) is 0.600. The molecule has 0 atom stereocenters. The van der Waals surface area contributed by atoms with Crippen molar-refractivity contribution in [3.63, 3.8) is 0 Å². The highest BCUT2D eigenvalue weighted by molar-refractivity contribution is 9.10. The second-order valence-electron chi connectivity index (χ2n) is 5.13. The van der Waals surface area contributed by atoms with Gasteiger partial charge in [0.05, 0.1) is 13.2 Å². The van der Waals surface area contributed by atoms with Crippen molar-refractivity contribution in [2.75, 3.05) is 40.4 Å². The lowest BCUT2D eigenvalue weighted by atomic mass is 10.4. The van der Waals surface area contributed by atoms with Gasteiger partial charge in [-0.05, 0) is 28.9 Å². The Hall–Kier alpha value is -1.54. The fourth-order valence-electron chi connectivity index (χ4n) is 2.01. The number of carbonyl (C=O) groups is 1. The zero-order valence-corrected chi connectivity index (χ0v) is 15.8. The SMILES string of the molecule is CCNC(=NCC(=O)NCCOC)N(C)Cc1cc(Br)cn1C. The number of amides is 1. The molecule has 0 aromatic carbocycles. The number of nitrogens with zero attached hydrogens (tertiary/aromatic N) is 3. The van der Waals surface area contributed by atoms with E-state index >= 15 is 0 Å². The van der Waals surface area contributed by atoms with Crippen LogP contribution in [-0.2, 0) is 23.1 Å². The Bertz CT molecular complexity index is 530. The fourth-order valence-corrected chi connectivity index (χ4v) is 2.58. The quantitative estimate of drug-likeness (QED) is 0.395. The molecule has 7 nitrogen and oxygen atoms in total. The molecule has 0 radical (unpaired) electrons. The highest BCUT2D eigenvalue weighted by Crippen LogP contribution is 2.14. The van der Waals surface area contributed by atoms with Gasteiger partial charge in [-0.15, -0.1) is 0 Å². The first-order valence-corrected chi connectivity index (χ1v) is 8.33. The van der Waals surface area contributed by atoms with Gasteiger partial charge < -0.3 is 24.8 Å². The summed E-state index contributed by atoms with van der Waals surface area (Å²) in [4.78, 5) is 18.1. The number of hydrogen-bond donors (Lipinski definition) is 2. The zero-order valence-electron chi connectivity index (χ0n) is 14.2. The lowest BCUT2D eigenvalue weighted by Crippen LogP contribution is -2.40. The number of rotatable bonds is 8. The molecular weight excluding hydrogens is 362 g/mol. The van der Waals surface area contributed by atoms with Gasteiger partial charge in [-0.3, -0.25) is 4.79 Å². The molecule has 1 heterocycles. The lowest BCUT2D eigenvalue weighted by molar-refractivity contribution is -0.119. The van der Waals surface area contributed by atoms with Crippen LogP contribution >= 0.6 is 15.9 Å². The number of halogens is 1. The van der Waals surface area contributed by atoms with Crippen molar-refractivity contribution in [2.45, 2.75) is 13.5 Å². The minimum atomic E-state index is -0.118. The number of methoxy groups -OCH3 is 1. The lowest BCUT2D eigenvalue weighted by Gasteiger charge is -2.22. The average molecular weight is 388 g/mol. The van der Waals surface area contributed by atoms with E-state index in [-0.39, 0.29) is 12.5 Å². The van der Waals surface area contributed by atoms with E-state index in [0.29, 0.717) is 25.7 Å². The Morgan fingerprint density at radius 1 is 1.48 bits per heavy atom. The molecule has 1 aromatic heterocycles. The van der Waals surface area contributed by atoms with E-state index in [0.717, 1.165) is 16.7 Å². The predicted octanol–water partition coefficient (Wildman–Crippen LogP) is 0.948. The summed E-state index contributed by atoms with van der Waals surface area (Å²) >= 11 is 3.47. The second-order valence-corrected chi connectivity index (χ2v) is 6.05. The Balaban J connectivity index is 2.62. The van der Waals surface area contributed by atoms with Gasteiger partial charge in [-0.25, -0.2) is 4.99 Å². The van der Waals surface area contributed by atoms with Crippen LogP contribution in [0.15, 0.2) is 21.7 Å². The van der Waals surface area contributed by atoms with Crippen molar-refractivity contribution in [1.29, 1.82) is 0 Å². The summed E-state index contributed by atoms with van der Waals surface area (Å²) in [5.41, 5.74) is 1.15. The molecule has 0 saturated carbocycles. The number of ether oxygens (including phenoxy) is 1. The molecule has 0 fully saturated rings. The number of aryl methyl sites for hydroxylation is 1. The van der Waals surface area contributed by atoms with Crippen LogP contribution in [0, 0.1) is 0 Å². The van der Waals surface area contributed by atoms with Crippen LogP contribution in [0.25, 0.3) is 0 Å². The average Bonchev–Trinajstić information content (AvgIpc) is 2.81. The van der Waals surface area contributed by atoms with Crippen molar-refractivity contribution >= 4 is 27.8 Å². The Labute approximate surface area is 146 Å². The zero-order chi connectivity index (χ0) is 17.2. The third-order valence-corrected chi connectivity index (χ3v) is 3.60. The smallest absolute Gasteiger partial charge is 0.241 e. The highest BCUT2D eigenvalue weighted by Gasteiger charge is 2.10. The second kappa shape index (κ2) is 10.3. The van der Waals surface area contributed by atoms with Crippen LogP contribution in [0.4, 0.5) is 0 Å². The van der Waals surface area contributed by atoms with E-state index in [9.17, 15) is 4.79 Å². The molecule has 1 amide bonds. The van der Waals surface area contributed by atoms with Gasteiger partial charge in [0.1, 0.15) is 6.54 Å². The summed E-state index contributed by atoms with van der Waals surface area (Å²) in [6, 6.07) is 2.07. The summed E-state index contributed by atoms with van der Waals surface area (Å²) < 4.78 is 8.00. The summed E-state index contributed by atoms with van der Waals surface area (Å²) in [5.74, 6) is 0.583. The van der Waals surface area contributed by atoms with Crippen LogP contribution in [-0.4, -0.2) is 61.7 Å². The maximum atomic E-state index is 11.7. The largest absolute Gasteiger partial charge is 0.383 e. The molecule has 2 N–H and O–H groups in total. The standard InChI is InChI=1S/C15H26BrN5O2/c1-5-17-15(19-9-14(22)18-6-7-23-4)21(3)11-13-8-12(16)10-20(13)2/h8,10H,5-7,9,11H2,1-4H3,(H,17,19)(H,18,22). The molecule has 0 aliphatic carbocycles. The molecule has 130 valence electrons. The number of carbonyl (C=O) groups excluding carboxylic acids is 1. The molecule has 0 unspecified atom stereocenters. The Morgan fingerprint density at radius 2 is 2.22 bits per heavy atom. The van der Waals surface area contributed by atoms with Gasteiger partial charge in [0.25, 0.3) is 0 Å². The summed E-state index contributed by atoms with van der Waals surface area (Å²) in [6.45, 7) is 4.52.